The van der Waals surface area contributed by atoms with Crippen LogP contribution in [0.15, 0.2) is 42.5 Å². The molecule has 20 heavy (non-hydrogen) atoms. The smallest absolute Gasteiger partial charge is 0.273 e. The molecule has 2 aromatic rings. The summed E-state index contributed by atoms with van der Waals surface area (Å²) in [4.78, 5) is 10.3. The van der Waals surface area contributed by atoms with Gasteiger partial charge in [-0.3, -0.25) is 10.1 Å². The Morgan fingerprint density at radius 1 is 1.20 bits per heavy atom. The Balaban J connectivity index is 2.20. The van der Waals surface area contributed by atoms with E-state index in [4.69, 9.17) is 4.74 Å². The highest BCUT2D eigenvalue weighted by Crippen LogP contribution is 2.28. The Kier molecular flexibility index (Phi) is 4.32. The van der Waals surface area contributed by atoms with Crippen LogP contribution in [-0.4, -0.2) is 12.0 Å². The lowest BCUT2D eigenvalue weighted by atomic mass is 10.2. The molecule has 0 saturated heterocycles. The maximum absolute atomic E-state index is 10.8. The van der Waals surface area contributed by atoms with E-state index >= 15 is 0 Å². The maximum Gasteiger partial charge on any atom is 0.273 e. The summed E-state index contributed by atoms with van der Waals surface area (Å²) in [5.41, 5.74) is 2.03. The number of nitrogens with one attached hydrogen (secondary N) is 1. The number of nitrogens with zero attached hydrogens (tertiary/aromatic N) is 1. The Morgan fingerprint density at radius 3 is 2.50 bits per heavy atom. The molecule has 0 aliphatic heterocycles. The molecule has 0 aliphatic rings. The highest BCUT2D eigenvalue weighted by Gasteiger charge is 2.10. The molecule has 0 unspecified atom stereocenters. The molecule has 0 aromatic heterocycles. The van der Waals surface area contributed by atoms with Gasteiger partial charge in [0.15, 0.2) is 0 Å². The first-order valence-electron chi connectivity index (χ1n) is 6.26. The molecule has 1 N–H and O–H groups in total. The average Bonchev–Trinajstić information content (AvgIpc) is 2.43. The molecule has 5 heteroatoms. The van der Waals surface area contributed by atoms with Crippen LogP contribution in [0.25, 0.3) is 0 Å². The molecule has 0 heterocycles. The van der Waals surface area contributed by atoms with Crippen LogP contribution in [0.4, 0.5) is 5.69 Å². The standard InChI is InChI=1S/C15H16N2O3/c1-11-3-6-13(17(18)19)9-15(11)20-14-7-4-12(5-8-14)10-16-2/h3-9,16H,10H2,1-2H3. The van der Waals surface area contributed by atoms with E-state index in [9.17, 15) is 10.1 Å². The van der Waals surface area contributed by atoms with Gasteiger partial charge in [0, 0.05) is 12.6 Å². The first-order chi connectivity index (χ1) is 9.60. The van der Waals surface area contributed by atoms with E-state index in [2.05, 4.69) is 5.32 Å². The molecular weight excluding hydrogens is 256 g/mol. The summed E-state index contributed by atoms with van der Waals surface area (Å²) in [6, 6.07) is 12.2. The quantitative estimate of drug-likeness (QED) is 0.669. The molecule has 0 radical (unpaired) electrons. The monoisotopic (exact) mass is 272 g/mol. The van der Waals surface area contributed by atoms with Crippen molar-refractivity contribution in [3.63, 3.8) is 0 Å². The Bertz CT molecular complexity index is 609. The molecule has 0 spiro atoms. The first kappa shape index (κ1) is 14.0. The summed E-state index contributed by atoms with van der Waals surface area (Å²) in [6.45, 7) is 2.64. The third-order valence-corrected chi connectivity index (χ3v) is 2.91. The molecule has 0 saturated carbocycles. The predicted octanol–water partition coefficient (Wildman–Crippen LogP) is 3.41. The van der Waals surface area contributed by atoms with Gasteiger partial charge in [0.05, 0.1) is 11.0 Å². The molecule has 104 valence electrons. The number of benzene rings is 2. The van der Waals surface area contributed by atoms with Crippen LogP contribution < -0.4 is 10.1 Å². The lowest BCUT2D eigenvalue weighted by Crippen LogP contribution is -2.04. The molecule has 2 aromatic carbocycles. The average molecular weight is 272 g/mol. The number of aryl methyl sites for hydroxylation is 1. The third-order valence-electron chi connectivity index (χ3n) is 2.91. The molecule has 5 nitrogen and oxygen atoms in total. The van der Waals surface area contributed by atoms with E-state index in [1.807, 2.05) is 38.2 Å². The molecule has 0 amide bonds. The summed E-state index contributed by atoms with van der Waals surface area (Å²) >= 11 is 0. The summed E-state index contributed by atoms with van der Waals surface area (Å²) in [6.07, 6.45) is 0. The van der Waals surface area contributed by atoms with Gasteiger partial charge in [-0.2, -0.15) is 0 Å². The zero-order valence-corrected chi connectivity index (χ0v) is 11.4. The SMILES string of the molecule is CNCc1ccc(Oc2cc([N+](=O)[O-])ccc2C)cc1. The van der Waals surface area contributed by atoms with E-state index in [1.54, 1.807) is 6.07 Å². The number of hydrogen-bond acceptors (Lipinski definition) is 4. The van der Waals surface area contributed by atoms with Gasteiger partial charge in [0.25, 0.3) is 5.69 Å². The largest absolute Gasteiger partial charge is 0.457 e. The number of rotatable bonds is 5. The highest BCUT2D eigenvalue weighted by atomic mass is 16.6. The minimum absolute atomic E-state index is 0.0254. The van der Waals surface area contributed by atoms with Gasteiger partial charge in [-0.15, -0.1) is 0 Å². The van der Waals surface area contributed by atoms with Gasteiger partial charge < -0.3 is 10.1 Å². The third kappa shape index (κ3) is 3.33. The normalized spacial score (nSPS) is 10.3. The zero-order chi connectivity index (χ0) is 14.5. The van der Waals surface area contributed by atoms with Crippen LogP contribution in [0.5, 0.6) is 11.5 Å². The van der Waals surface area contributed by atoms with Crippen molar-refractivity contribution in [2.75, 3.05) is 7.05 Å². The lowest BCUT2D eigenvalue weighted by molar-refractivity contribution is -0.384. The molecule has 0 atom stereocenters. The predicted molar refractivity (Wildman–Crippen MR) is 77.1 cm³/mol. The minimum atomic E-state index is -0.428. The molecular formula is C15H16N2O3. The van der Waals surface area contributed by atoms with Gasteiger partial charge in [-0.25, -0.2) is 0 Å². The number of non-ortho nitro benzene ring substituents is 1. The van der Waals surface area contributed by atoms with Crippen molar-refractivity contribution in [2.45, 2.75) is 13.5 Å². The van der Waals surface area contributed by atoms with Crippen LogP contribution in [-0.2, 0) is 6.54 Å². The fraction of sp³-hybridized carbons (Fsp3) is 0.200. The van der Waals surface area contributed by atoms with E-state index in [0.717, 1.165) is 17.7 Å². The second-order valence-corrected chi connectivity index (χ2v) is 4.48. The summed E-state index contributed by atoms with van der Waals surface area (Å²) in [5, 5.41) is 13.8. The number of ether oxygens (including phenoxy) is 1. The fourth-order valence-electron chi connectivity index (χ4n) is 1.82. The van der Waals surface area contributed by atoms with Gasteiger partial charge in [-0.05, 0) is 43.3 Å². The topological polar surface area (TPSA) is 64.4 Å². The summed E-state index contributed by atoms with van der Waals surface area (Å²) in [7, 11) is 1.89. The van der Waals surface area contributed by atoms with E-state index in [1.165, 1.54) is 12.1 Å². The van der Waals surface area contributed by atoms with Crippen LogP contribution in [0.1, 0.15) is 11.1 Å². The Labute approximate surface area is 117 Å². The molecule has 0 aliphatic carbocycles. The van der Waals surface area contributed by atoms with Crippen molar-refractivity contribution in [2.24, 2.45) is 0 Å². The van der Waals surface area contributed by atoms with E-state index in [-0.39, 0.29) is 5.69 Å². The second kappa shape index (κ2) is 6.16. The maximum atomic E-state index is 10.8. The highest BCUT2D eigenvalue weighted by molar-refractivity contribution is 5.45. The van der Waals surface area contributed by atoms with Crippen molar-refractivity contribution in [3.8, 4) is 11.5 Å². The number of nitro benzene ring substituents is 1. The van der Waals surface area contributed by atoms with Gasteiger partial charge >= 0.3 is 0 Å². The summed E-state index contributed by atoms with van der Waals surface area (Å²) in [5.74, 6) is 1.16. The second-order valence-electron chi connectivity index (χ2n) is 4.48. The van der Waals surface area contributed by atoms with Crippen molar-refractivity contribution < 1.29 is 9.66 Å². The first-order valence-corrected chi connectivity index (χ1v) is 6.26. The fourth-order valence-corrected chi connectivity index (χ4v) is 1.82. The van der Waals surface area contributed by atoms with Crippen LogP contribution in [0.3, 0.4) is 0 Å². The lowest BCUT2D eigenvalue weighted by Gasteiger charge is -2.09. The van der Waals surface area contributed by atoms with Crippen molar-refractivity contribution >= 4 is 5.69 Å². The van der Waals surface area contributed by atoms with Gasteiger partial charge in [0.1, 0.15) is 11.5 Å². The Morgan fingerprint density at radius 2 is 1.90 bits per heavy atom. The van der Waals surface area contributed by atoms with E-state index < -0.39 is 4.92 Å². The minimum Gasteiger partial charge on any atom is -0.457 e. The van der Waals surface area contributed by atoms with Crippen LogP contribution >= 0.6 is 0 Å². The number of nitro groups is 1. The number of hydrogen-bond donors (Lipinski definition) is 1. The Hall–Kier alpha value is -2.40. The molecule has 2 rings (SSSR count). The molecule has 0 fully saturated rings. The zero-order valence-electron chi connectivity index (χ0n) is 11.4. The van der Waals surface area contributed by atoms with Crippen molar-refractivity contribution in [1.82, 2.24) is 5.32 Å². The van der Waals surface area contributed by atoms with Crippen LogP contribution in [0.2, 0.25) is 0 Å². The summed E-state index contributed by atoms with van der Waals surface area (Å²) < 4.78 is 5.71. The van der Waals surface area contributed by atoms with Crippen LogP contribution in [0, 0.1) is 17.0 Å². The molecule has 0 bridgehead atoms. The van der Waals surface area contributed by atoms with Crippen molar-refractivity contribution in [3.05, 3.63) is 63.7 Å². The van der Waals surface area contributed by atoms with Gasteiger partial charge in [0.2, 0.25) is 0 Å². The van der Waals surface area contributed by atoms with Gasteiger partial charge in [-0.1, -0.05) is 12.1 Å². The van der Waals surface area contributed by atoms with E-state index in [0.29, 0.717) is 11.5 Å². The van der Waals surface area contributed by atoms with Crippen molar-refractivity contribution in [1.29, 1.82) is 0 Å².